The van der Waals surface area contributed by atoms with Gasteiger partial charge in [0.2, 0.25) is 0 Å². The number of esters is 1. The van der Waals surface area contributed by atoms with Crippen molar-refractivity contribution in [3.05, 3.63) is 65.3 Å². The van der Waals surface area contributed by atoms with Gasteiger partial charge in [0.15, 0.2) is 0 Å². The number of carbonyl (C=O) groups is 2. The zero-order chi connectivity index (χ0) is 18.8. The summed E-state index contributed by atoms with van der Waals surface area (Å²) in [5, 5.41) is 5.56. The number of furan rings is 1. The number of para-hydroxylation sites is 1. The number of benzene rings is 1. The van der Waals surface area contributed by atoms with Gasteiger partial charge in [-0.05, 0) is 37.1 Å². The monoisotopic (exact) mass is 367 g/mol. The Morgan fingerprint density at radius 2 is 2.15 bits per heavy atom. The van der Waals surface area contributed by atoms with E-state index in [1.807, 2.05) is 12.1 Å². The van der Waals surface area contributed by atoms with Gasteiger partial charge in [0.25, 0.3) is 0 Å². The van der Waals surface area contributed by atoms with Crippen LogP contribution in [0.4, 0.5) is 10.5 Å². The number of fused-ring (bicyclic) bond motifs is 1. The molecule has 4 rings (SSSR count). The lowest BCUT2D eigenvalue weighted by atomic mass is 10.00. The number of hydrogen-bond acceptors (Lipinski definition) is 5. The van der Waals surface area contributed by atoms with Crippen LogP contribution < -0.4 is 15.5 Å². The Labute approximate surface area is 157 Å². The highest BCUT2D eigenvalue weighted by molar-refractivity contribution is 5.95. The Balaban J connectivity index is 1.72. The number of urea groups is 1. The van der Waals surface area contributed by atoms with Gasteiger partial charge in [-0.25, -0.2) is 9.59 Å². The van der Waals surface area contributed by atoms with Crippen LogP contribution in [-0.2, 0) is 16.0 Å². The number of carbonyl (C=O) groups excluding carboxylic acids is 2. The van der Waals surface area contributed by atoms with Crippen LogP contribution in [0.2, 0.25) is 0 Å². The molecule has 1 aromatic heterocycles. The molecule has 2 aliphatic rings. The fraction of sp³-hybridized carbons (Fsp3) is 0.300. The van der Waals surface area contributed by atoms with Crippen molar-refractivity contribution in [3.63, 3.8) is 0 Å². The molecular formula is C20H21N3O4. The van der Waals surface area contributed by atoms with E-state index in [4.69, 9.17) is 9.15 Å². The van der Waals surface area contributed by atoms with Crippen molar-refractivity contribution in [1.29, 1.82) is 0 Å². The van der Waals surface area contributed by atoms with Crippen molar-refractivity contribution in [2.75, 3.05) is 24.6 Å². The van der Waals surface area contributed by atoms with E-state index >= 15 is 0 Å². The van der Waals surface area contributed by atoms with E-state index in [-0.39, 0.29) is 12.6 Å². The molecule has 0 saturated carbocycles. The highest BCUT2D eigenvalue weighted by Gasteiger charge is 2.36. The van der Waals surface area contributed by atoms with Crippen LogP contribution in [0.25, 0.3) is 0 Å². The molecule has 1 aromatic carbocycles. The third-order valence-electron chi connectivity index (χ3n) is 4.81. The Bertz CT molecular complexity index is 888. The summed E-state index contributed by atoms with van der Waals surface area (Å²) in [6, 6.07) is 10.6. The average molecular weight is 367 g/mol. The maximum atomic E-state index is 12.7. The van der Waals surface area contributed by atoms with Gasteiger partial charge in [0.05, 0.1) is 30.7 Å². The summed E-state index contributed by atoms with van der Waals surface area (Å²) in [4.78, 5) is 27.1. The minimum atomic E-state index is -0.680. The smallest absolute Gasteiger partial charge is 0.338 e. The van der Waals surface area contributed by atoms with Gasteiger partial charge >= 0.3 is 12.0 Å². The topological polar surface area (TPSA) is 83.8 Å². The molecule has 0 bridgehead atoms. The fourth-order valence-electron chi connectivity index (χ4n) is 3.62. The molecule has 2 amide bonds. The maximum absolute atomic E-state index is 12.7. The molecule has 3 heterocycles. The molecule has 0 fully saturated rings. The van der Waals surface area contributed by atoms with E-state index in [0.717, 1.165) is 18.7 Å². The summed E-state index contributed by atoms with van der Waals surface area (Å²) in [6.07, 6.45) is 2.45. The van der Waals surface area contributed by atoms with Crippen molar-refractivity contribution < 1.29 is 18.7 Å². The molecule has 2 aliphatic heterocycles. The molecule has 2 aromatic rings. The first kappa shape index (κ1) is 17.2. The molecule has 0 aliphatic carbocycles. The van der Waals surface area contributed by atoms with Crippen LogP contribution in [0.15, 0.2) is 58.3 Å². The van der Waals surface area contributed by atoms with Gasteiger partial charge < -0.3 is 24.7 Å². The van der Waals surface area contributed by atoms with Gasteiger partial charge in [-0.1, -0.05) is 18.2 Å². The van der Waals surface area contributed by atoms with E-state index in [9.17, 15) is 9.59 Å². The Morgan fingerprint density at radius 3 is 2.93 bits per heavy atom. The van der Waals surface area contributed by atoms with E-state index in [0.29, 0.717) is 23.6 Å². The van der Waals surface area contributed by atoms with Crippen molar-refractivity contribution >= 4 is 17.7 Å². The first-order chi connectivity index (χ1) is 13.2. The molecule has 27 heavy (non-hydrogen) atoms. The standard InChI is InChI=1S/C20H21N3O4/c1-2-26-19(24)17-14(12-23-10-9-13-6-3-4-7-15(13)23)21-20(25)22-18(17)16-8-5-11-27-16/h3-8,11,18H,2,9-10,12H2,1H3,(H2,21,22,25)/t18-/m1/s1. The summed E-state index contributed by atoms with van der Waals surface area (Å²) >= 11 is 0. The van der Waals surface area contributed by atoms with Gasteiger partial charge in [-0.2, -0.15) is 0 Å². The van der Waals surface area contributed by atoms with Crippen LogP contribution in [0.5, 0.6) is 0 Å². The van der Waals surface area contributed by atoms with E-state index in [1.165, 1.54) is 11.8 Å². The van der Waals surface area contributed by atoms with Crippen LogP contribution in [-0.4, -0.2) is 31.7 Å². The largest absolute Gasteiger partial charge is 0.467 e. The molecule has 1 atom stereocenters. The molecule has 2 N–H and O–H groups in total. The zero-order valence-electron chi connectivity index (χ0n) is 15.0. The highest BCUT2D eigenvalue weighted by Crippen LogP contribution is 2.32. The molecule has 7 heteroatoms. The second kappa shape index (κ2) is 7.19. The number of ether oxygens (including phenoxy) is 1. The van der Waals surface area contributed by atoms with Crippen molar-refractivity contribution in [2.24, 2.45) is 0 Å². The first-order valence-corrected chi connectivity index (χ1v) is 9.01. The normalized spacial score (nSPS) is 18.8. The molecule has 0 radical (unpaired) electrons. The number of nitrogens with zero attached hydrogens (tertiary/aromatic N) is 1. The van der Waals surface area contributed by atoms with Crippen molar-refractivity contribution in [3.8, 4) is 0 Å². The number of nitrogens with one attached hydrogen (secondary N) is 2. The molecular weight excluding hydrogens is 346 g/mol. The van der Waals surface area contributed by atoms with Crippen LogP contribution in [0, 0.1) is 0 Å². The third-order valence-corrected chi connectivity index (χ3v) is 4.81. The molecule has 7 nitrogen and oxygen atoms in total. The molecule has 0 unspecified atom stereocenters. The lowest BCUT2D eigenvalue weighted by Crippen LogP contribution is -2.48. The summed E-state index contributed by atoms with van der Waals surface area (Å²) in [5.74, 6) is 0.0288. The second-order valence-electron chi connectivity index (χ2n) is 6.46. The van der Waals surface area contributed by atoms with Crippen LogP contribution in [0.1, 0.15) is 24.3 Å². The quantitative estimate of drug-likeness (QED) is 0.794. The first-order valence-electron chi connectivity index (χ1n) is 9.01. The summed E-state index contributed by atoms with van der Waals surface area (Å²) in [7, 11) is 0. The predicted octanol–water partition coefficient (Wildman–Crippen LogP) is 2.51. The second-order valence-corrected chi connectivity index (χ2v) is 6.46. The lowest BCUT2D eigenvalue weighted by Gasteiger charge is -2.30. The Hall–Kier alpha value is -3.22. The molecule has 140 valence electrons. The average Bonchev–Trinajstić information content (AvgIpc) is 3.32. The molecule has 0 spiro atoms. The lowest BCUT2D eigenvalue weighted by molar-refractivity contribution is -0.139. The highest BCUT2D eigenvalue weighted by atomic mass is 16.5. The van der Waals surface area contributed by atoms with E-state index in [2.05, 4.69) is 27.7 Å². The fourth-order valence-corrected chi connectivity index (χ4v) is 3.62. The Kier molecular flexibility index (Phi) is 4.58. The maximum Gasteiger partial charge on any atom is 0.338 e. The number of amides is 2. The number of anilines is 1. The number of hydrogen-bond donors (Lipinski definition) is 2. The van der Waals surface area contributed by atoms with Crippen LogP contribution >= 0.6 is 0 Å². The van der Waals surface area contributed by atoms with Crippen LogP contribution in [0.3, 0.4) is 0 Å². The van der Waals surface area contributed by atoms with Crippen molar-refractivity contribution in [2.45, 2.75) is 19.4 Å². The summed E-state index contributed by atoms with van der Waals surface area (Å²) in [6.45, 7) is 3.25. The molecule has 0 saturated heterocycles. The number of rotatable bonds is 5. The van der Waals surface area contributed by atoms with Gasteiger partial charge in [-0.15, -0.1) is 0 Å². The third kappa shape index (κ3) is 3.28. The minimum Gasteiger partial charge on any atom is -0.467 e. The van der Waals surface area contributed by atoms with E-state index in [1.54, 1.807) is 19.1 Å². The summed E-state index contributed by atoms with van der Waals surface area (Å²) in [5.41, 5.74) is 3.29. The van der Waals surface area contributed by atoms with Crippen molar-refractivity contribution in [1.82, 2.24) is 10.6 Å². The SMILES string of the molecule is CCOC(=O)C1=C(CN2CCc3ccccc32)NC(=O)N[C@@H]1c1ccco1. The predicted molar refractivity (Wildman–Crippen MR) is 99.1 cm³/mol. The minimum absolute atomic E-state index is 0.251. The Morgan fingerprint density at radius 1 is 1.30 bits per heavy atom. The van der Waals surface area contributed by atoms with Gasteiger partial charge in [0, 0.05) is 12.2 Å². The van der Waals surface area contributed by atoms with E-state index < -0.39 is 12.0 Å². The van der Waals surface area contributed by atoms with Gasteiger partial charge in [-0.3, -0.25) is 0 Å². The zero-order valence-corrected chi connectivity index (χ0v) is 15.0. The van der Waals surface area contributed by atoms with Gasteiger partial charge in [0.1, 0.15) is 11.8 Å². The summed E-state index contributed by atoms with van der Waals surface area (Å²) < 4.78 is 10.7.